The molecule has 3 aromatic carbocycles. The number of oxazole rings is 1. The first-order chi connectivity index (χ1) is 16.4. The number of furan rings is 1. The van der Waals surface area contributed by atoms with Gasteiger partial charge < -0.3 is 14.2 Å². The van der Waals surface area contributed by atoms with Crippen LogP contribution >= 0.6 is 23.2 Å². The number of hydrogen-bond donors (Lipinski definition) is 1. The van der Waals surface area contributed by atoms with E-state index in [1.807, 2.05) is 37.3 Å². The van der Waals surface area contributed by atoms with Crippen molar-refractivity contribution in [2.75, 3.05) is 5.32 Å². The van der Waals surface area contributed by atoms with Crippen LogP contribution < -0.4 is 5.32 Å². The number of aromatic nitrogens is 1. The third-order valence-corrected chi connectivity index (χ3v) is 5.55. The molecule has 2 heterocycles. The quantitative estimate of drug-likeness (QED) is 0.254. The summed E-state index contributed by atoms with van der Waals surface area (Å²) in [4.78, 5) is 16.9. The maximum Gasteiger partial charge on any atom is 0.248 e. The molecule has 1 amide bonds. The first kappa shape index (κ1) is 22.0. The van der Waals surface area contributed by atoms with Gasteiger partial charge in [-0.2, -0.15) is 0 Å². The molecule has 0 bridgehead atoms. The van der Waals surface area contributed by atoms with Crippen LogP contribution in [0.3, 0.4) is 0 Å². The van der Waals surface area contributed by atoms with Gasteiger partial charge in [-0.05, 0) is 85.3 Å². The van der Waals surface area contributed by atoms with Crippen molar-refractivity contribution in [1.29, 1.82) is 0 Å². The normalized spacial score (nSPS) is 11.4. The van der Waals surface area contributed by atoms with E-state index < -0.39 is 0 Å². The fraction of sp³-hybridized carbons (Fsp3) is 0.0370. The molecule has 5 aromatic rings. The number of carbonyl (C=O) groups excluding carboxylic acids is 1. The summed E-state index contributed by atoms with van der Waals surface area (Å²) in [6, 6.07) is 21.9. The Bertz CT molecular complexity index is 1510. The van der Waals surface area contributed by atoms with E-state index in [0.29, 0.717) is 33.1 Å². The van der Waals surface area contributed by atoms with E-state index in [2.05, 4.69) is 10.3 Å². The van der Waals surface area contributed by atoms with E-state index >= 15 is 0 Å². The summed E-state index contributed by atoms with van der Waals surface area (Å²) in [6.45, 7) is 2.01. The highest BCUT2D eigenvalue weighted by molar-refractivity contribution is 6.35. The molecule has 0 unspecified atom stereocenters. The number of benzene rings is 3. The molecule has 0 atom stereocenters. The van der Waals surface area contributed by atoms with Gasteiger partial charge in [-0.15, -0.1) is 0 Å². The van der Waals surface area contributed by atoms with E-state index in [1.165, 1.54) is 6.08 Å². The third kappa shape index (κ3) is 4.91. The molecule has 0 fully saturated rings. The van der Waals surface area contributed by atoms with E-state index in [-0.39, 0.29) is 5.91 Å². The molecule has 0 spiro atoms. The molecular formula is C27H18Cl2N2O3. The number of nitrogens with zero attached hydrogens (tertiary/aromatic N) is 1. The molecule has 2 aromatic heterocycles. The van der Waals surface area contributed by atoms with Crippen LogP contribution in [-0.4, -0.2) is 10.9 Å². The Kier molecular flexibility index (Phi) is 5.97. The molecule has 0 radical (unpaired) electrons. The number of fused-ring (bicyclic) bond motifs is 1. The maximum atomic E-state index is 12.4. The Hall–Kier alpha value is -3.80. The van der Waals surface area contributed by atoms with Crippen LogP contribution in [-0.2, 0) is 4.79 Å². The second-order valence-electron chi connectivity index (χ2n) is 7.75. The van der Waals surface area contributed by atoms with Gasteiger partial charge in [0.2, 0.25) is 11.8 Å². The first-order valence-corrected chi connectivity index (χ1v) is 11.2. The molecule has 5 rings (SSSR count). The number of aryl methyl sites for hydroxylation is 1. The lowest BCUT2D eigenvalue weighted by atomic mass is 10.2. The van der Waals surface area contributed by atoms with Gasteiger partial charge in [0.15, 0.2) is 5.58 Å². The van der Waals surface area contributed by atoms with Gasteiger partial charge in [0.1, 0.15) is 17.0 Å². The lowest BCUT2D eigenvalue weighted by Gasteiger charge is -2.02. The van der Waals surface area contributed by atoms with Crippen molar-refractivity contribution < 1.29 is 13.6 Å². The summed E-state index contributed by atoms with van der Waals surface area (Å²) < 4.78 is 11.6. The van der Waals surface area contributed by atoms with E-state index in [0.717, 1.165) is 27.8 Å². The Morgan fingerprint density at radius 1 is 0.882 bits per heavy atom. The summed E-state index contributed by atoms with van der Waals surface area (Å²) >= 11 is 12.1. The summed E-state index contributed by atoms with van der Waals surface area (Å²) in [6.07, 6.45) is 3.00. The van der Waals surface area contributed by atoms with E-state index in [1.54, 1.807) is 48.5 Å². The van der Waals surface area contributed by atoms with Crippen LogP contribution in [0.25, 0.3) is 40.0 Å². The predicted molar refractivity (Wildman–Crippen MR) is 136 cm³/mol. The standard InChI is InChI=1S/C27H18Cl2N2O3/c1-16-2-9-25-23(12-16)31-27(34-25)17-3-5-21(6-4-17)30-26(32)11-8-22-7-10-24(33-22)18-13-19(28)15-20(29)14-18/h2-15H,1H3,(H,30,32)/b11-8+. The molecule has 7 heteroatoms. The molecule has 0 saturated carbocycles. The Morgan fingerprint density at radius 2 is 1.65 bits per heavy atom. The van der Waals surface area contributed by atoms with Crippen molar-refractivity contribution in [2.45, 2.75) is 6.92 Å². The zero-order valence-corrected chi connectivity index (χ0v) is 19.5. The van der Waals surface area contributed by atoms with Gasteiger partial charge in [0.05, 0.1) is 0 Å². The van der Waals surface area contributed by atoms with Crippen LogP contribution in [0.1, 0.15) is 11.3 Å². The molecule has 0 aliphatic rings. The number of halogens is 2. The highest BCUT2D eigenvalue weighted by atomic mass is 35.5. The van der Waals surface area contributed by atoms with Crippen LogP contribution in [0.15, 0.2) is 87.7 Å². The zero-order chi connectivity index (χ0) is 23.7. The maximum absolute atomic E-state index is 12.4. The van der Waals surface area contributed by atoms with E-state index in [4.69, 9.17) is 32.0 Å². The number of amides is 1. The van der Waals surface area contributed by atoms with Gasteiger partial charge in [0.25, 0.3) is 0 Å². The van der Waals surface area contributed by atoms with Crippen LogP contribution in [0.5, 0.6) is 0 Å². The average Bonchev–Trinajstić information content (AvgIpc) is 3.44. The van der Waals surface area contributed by atoms with Crippen LogP contribution in [0.2, 0.25) is 10.0 Å². The highest BCUT2D eigenvalue weighted by Crippen LogP contribution is 2.29. The fourth-order valence-corrected chi connectivity index (χ4v) is 4.02. The smallest absolute Gasteiger partial charge is 0.248 e. The second kappa shape index (κ2) is 9.21. The lowest BCUT2D eigenvalue weighted by molar-refractivity contribution is -0.111. The summed E-state index contributed by atoms with van der Waals surface area (Å²) in [5.41, 5.74) is 4.92. The van der Waals surface area contributed by atoms with Gasteiger partial charge in [-0.25, -0.2) is 4.98 Å². The third-order valence-electron chi connectivity index (χ3n) is 5.12. The number of rotatable bonds is 5. The van der Waals surface area contributed by atoms with Crippen molar-refractivity contribution in [3.05, 3.63) is 100 Å². The summed E-state index contributed by atoms with van der Waals surface area (Å²) in [5, 5.41) is 3.87. The van der Waals surface area contributed by atoms with E-state index in [9.17, 15) is 4.79 Å². The SMILES string of the molecule is Cc1ccc2oc(-c3ccc(NC(=O)/C=C/c4ccc(-c5cc(Cl)cc(Cl)c5)o4)cc3)nc2c1. The minimum Gasteiger partial charge on any atom is -0.457 e. The fourth-order valence-electron chi connectivity index (χ4n) is 3.49. The summed E-state index contributed by atoms with van der Waals surface area (Å²) in [5.74, 6) is 1.39. The van der Waals surface area contributed by atoms with Gasteiger partial charge in [-0.3, -0.25) is 4.79 Å². The van der Waals surface area contributed by atoms with Crippen molar-refractivity contribution in [3.63, 3.8) is 0 Å². The van der Waals surface area contributed by atoms with Gasteiger partial charge in [-0.1, -0.05) is 29.3 Å². The molecule has 34 heavy (non-hydrogen) atoms. The Balaban J connectivity index is 1.24. The monoisotopic (exact) mass is 488 g/mol. The zero-order valence-electron chi connectivity index (χ0n) is 18.0. The largest absolute Gasteiger partial charge is 0.457 e. The van der Waals surface area contributed by atoms with Crippen LogP contribution in [0, 0.1) is 6.92 Å². The highest BCUT2D eigenvalue weighted by Gasteiger charge is 2.09. The first-order valence-electron chi connectivity index (χ1n) is 10.5. The molecule has 0 saturated heterocycles. The molecule has 168 valence electrons. The average molecular weight is 489 g/mol. The van der Waals surface area contributed by atoms with Gasteiger partial charge in [0, 0.05) is 32.9 Å². The molecule has 0 aliphatic heterocycles. The topological polar surface area (TPSA) is 68.3 Å². The molecule has 0 aliphatic carbocycles. The molecule has 5 nitrogen and oxygen atoms in total. The molecule has 1 N–H and O–H groups in total. The number of nitrogens with one attached hydrogen (secondary N) is 1. The number of hydrogen-bond acceptors (Lipinski definition) is 4. The lowest BCUT2D eigenvalue weighted by Crippen LogP contribution is -2.07. The van der Waals surface area contributed by atoms with Crippen molar-refractivity contribution in [1.82, 2.24) is 4.98 Å². The minimum atomic E-state index is -0.283. The Morgan fingerprint density at radius 3 is 2.41 bits per heavy atom. The number of anilines is 1. The van der Waals surface area contributed by atoms with Crippen molar-refractivity contribution in [3.8, 4) is 22.8 Å². The number of carbonyl (C=O) groups is 1. The Labute approximate surface area is 205 Å². The minimum absolute atomic E-state index is 0.283. The summed E-state index contributed by atoms with van der Waals surface area (Å²) in [7, 11) is 0. The van der Waals surface area contributed by atoms with Crippen LogP contribution in [0.4, 0.5) is 5.69 Å². The van der Waals surface area contributed by atoms with Gasteiger partial charge >= 0.3 is 0 Å². The van der Waals surface area contributed by atoms with Crippen molar-refractivity contribution in [2.24, 2.45) is 0 Å². The second-order valence-corrected chi connectivity index (χ2v) is 8.62. The predicted octanol–water partition coefficient (Wildman–Crippen LogP) is 8.02. The van der Waals surface area contributed by atoms with Crippen molar-refractivity contribution >= 4 is 52.0 Å². The molecular weight excluding hydrogens is 471 g/mol.